The SMILES string of the molecule is NCc1c(C(F)F)ncc(Cl)c1Br. The number of rotatable bonds is 2. The van der Waals surface area contributed by atoms with Gasteiger partial charge in [0.2, 0.25) is 0 Å². The molecule has 1 rings (SSSR count). The van der Waals surface area contributed by atoms with Gasteiger partial charge in [0, 0.05) is 22.8 Å². The Bertz CT molecular complexity index is 320. The van der Waals surface area contributed by atoms with Gasteiger partial charge in [0.15, 0.2) is 0 Å². The highest BCUT2D eigenvalue weighted by atomic mass is 79.9. The largest absolute Gasteiger partial charge is 0.326 e. The zero-order valence-electron chi connectivity index (χ0n) is 6.40. The van der Waals surface area contributed by atoms with Gasteiger partial charge in [-0.25, -0.2) is 8.78 Å². The summed E-state index contributed by atoms with van der Waals surface area (Å²) in [6.07, 6.45) is -1.46. The molecule has 1 aromatic heterocycles. The van der Waals surface area contributed by atoms with E-state index in [4.69, 9.17) is 17.3 Å². The molecule has 0 radical (unpaired) electrons. The topological polar surface area (TPSA) is 38.9 Å². The van der Waals surface area contributed by atoms with Crippen LogP contribution in [0.4, 0.5) is 8.78 Å². The molecule has 0 fully saturated rings. The lowest BCUT2D eigenvalue weighted by molar-refractivity contribution is 0.144. The van der Waals surface area contributed by atoms with Gasteiger partial charge in [0.25, 0.3) is 6.43 Å². The number of hydrogen-bond donors (Lipinski definition) is 1. The summed E-state index contributed by atoms with van der Waals surface area (Å²) in [5, 5.41) is 0.282. The van der Waals surface area contributed by atoms with E-state index in [-0.39, 0.29) is 22.8 Å². The van der Waals surface area contributed by atoms with Gasteiger partial charge in [0.05, 0.1) is 5.02 Å². The van der Waals surface area contributed by atoms with E-state index in [2.05, 4.69) is 20.9 Å². The van der Waals surface area contributed by atoms with Crippen molar-refractivity contribution in [3.63, 3.8) is 0 Å². The van der Waals surface area contributed by atoms with Gasteiger partial charge >= 0.3 is 0 Å². The molecule has 6 heteroatoms. The maximum absolute atomic E-state index is 12.3. The van der Waals surface area contributed by atoms with E-state index in [0.29, 0.717) is 4.47 Å². The molecule has 13 heavy (non-hydrogen) atoms. The summed E-state index contributed by atoms with van der Waals surface area (Å²) in [6, 6.07) is 0. The Balaban J connectivity index is 3.30. The van der Waals surface area contributed by atoms with Gasteiger partial charge in [-0.05, 0) is 15.9 Å². The maximum Gasteiger partial charge on any atom is 0.280 e. The highest BCUT2D eigenvalue weighted by molar-refractivity contribution is 9.10. The Morgan fingerprint density at radius 1 is 1.62 bits per heavy atom. The lowest BCUT2D eigenvalue weighted by atomic mass is 10.2. The van der Waals surface area contributed by atoms with Crippen molar-refractivity contribution in [3.8, 4) is 0 Å². The molecule has 0 aliphatic carbocycles. The summed E-state index contributed by atoms with van der Waals surface area (Å²) in [6.45, 7) is -0.0200. The van der Waals surface area contributed by atoms with E-state index in [1.165, 1.54) is 6.20 Å². The van der Waals surface area contributed by atoms with Crippen LogP contribution in [0.25, 0.3) is 0 Å². The highest BCUT2D eigenvalue weighted by Gasteiger charge is 2.17. The first-order valence-electron chi connectivity index (χ1n) is 3.39. The zero-order chi connectivity index (χ0) is 10.0. The molecule has 0 aliphatic heterocycles. The fourth-order valence-corrected chi connectivity index (χ4v) is 1.53. The first kappa shape index (κ1) is 10.8. The summed E-state index contributed by atoms with van der Waals surface area (Å²) >= 11 is 8.73. The third-order valence-corrected chi connectivity index (χ3v) is 2.93. The number of pyridine rings is 1. The van der Waals surface area contributed by atoms with E-state index in [1.807, 2.05) is 0 Å². The van der Waals surface area contributed by atoms with Crippen molar-refractivity contribution in [2.24, 2.45) is 5.73 Å². The first-order valence-corrected chi connectivity index (χ1v) is 4.56. The Hall–Kier alpha value is -0.260. The van der Waals surface area contributed by atoms with Crippen molar-refractivity contribution in [2.45, 2.75) is 13.0 Å². The van der Waals surface area contributed by atoms with Gasteiger partial charge in [-0.15, -0.1) is 0 Å². The van der Waals surface area contributed by atoms with Gasteiger partial charge in [-0.3, -0.25) is 4.98 Å². The van der Waals surface area contributed by atoms with Crippen LogP contribution in [0.1, 0.15) is 17.7 Å². The van der Waals surface area contributed by atoms with E-state index in [1.54, 1.807) is 0 Å². The predicted octanol–water partition coefficient (Wildman–Crippen LogP) is 2.89. The molecule has 0 aromatic carbocycles. The molecular formula is C7H6BrClF2N2. The Morgan fingerprint density at radius 3 is 2.69 bits per heavy atom. The third kappa shape index (κ3) is 2.15. The fraction of sp³-hybridized carbons (Fsp3) is 0.286. The molecule has 2 N–H and O–H groups in total. The average molecular weight is 271 g/mol. The van der Waals surface area contributed by atoms with Gasteiger partial charge in [-0.2, -0.15) is 0 Å². The molecule has 0 amide bonds. The highest BCUT2D eigenvalue weighted by Crippen LogP contribution is 2.31. The minimum Gasteiger partial charge on any atom is -0.326 e. The minimum absolute atomic E-state index is 0.0200. The molecule has 0 saturated heterocycles. The number of nitrogens with zero attached hydrogens (tertiary/aromatic N) is 1. The number of aromatic nitrogens is 1. The van der Waals surface area contributed by atoms with Crippen molar-refractivity contribution < 1.29 is 8.78 Å². The standard InChI is InChI=1S/C7H6BrClF2N2/c8-5-3(1-12)6(7(10)11)13-2-4(5)9/h2,7H,1,12H2. The molecule has 0 unspecified atom stereocenters. The molecule has 0 aliphatic rings. The molecule has 0 saturated carbocycles. The van der Waals surface area contributed by atoms with Gasteiger partial charge < -0.3 is 5.73 Å². The summed E-state index contributed by atoms with van der Waals surface area (Å²) in [7, 11) is 0. The molecule has 1 aromatic rings. The molecule has 0 bridgehead atoms. The third-order valence-electron chi connectivity index (χ3n) is 1.51. The summed E-state index contributed by atoms with van der Waals surface area (Å²) in [5.74, 6) is 0. The minimum atomic E-state index is -2.63. The Kier molecular flexibility index (Phi) is 3.58. The summed E-state index contributed by atoms with van der Waals surface area (Å²) in [5.41, 5.74) is 5.23. The average Bonchev–Trinajstić information content (AvgIpc) is 2.09. The molecule has 72 valence electrons. The van der Waals surface area contributed by atoms with Crippen LogP contribution in [0.3, 0.4) is 0 Å². The van der Waals surface area contributed by atoms with Crippen molar-refractivity contribution in [3.05, 3.63) is 26.9 Å². The second-order valence-corrected chi connectivity index (χ2v) is 3.49. The molecular weight excluding hydrogens is 265 g/mol. The smallest absolute Gasteiger partial charge is 0.280 e. The molecule has 0 spiro atoms. The van der Waals surface area contributed by atoms with Crippen LogP contribution in [0, 0.1) is 0 Å². The van der Waals surface area contributed by atoms with E-state index < -0.39 is 6.43 Å². The normalized spacial score (nSPS) is 10.9. The molecule has 2 nitrogen and oxygen atoms in total. The van der Waals surface area contributed by atoms with Crippen LogP contribution in [0.15, 0.2) is 10.7 Å². The number of alkyl halides is 2. The lowest BCUT2D eigenvalue weighted by Gasteiger charge is -2.08. The van der Waals surface area contributed by atoms with Gasteiger partial charge in [0.1, 0.15) is 5.69 Å². The van der Waals surface area contributed by atoms with Crippen LogP contribution in [0.5, 0.6) is 0 Å². The second-order valence-electron chi connectivity index (χ2n) is 2.29. The van der Waals surface area contributed by atoms with Crippen LogP contribution >= 0.6 is 27.5 Å². The Morgan fingerprint density at radius 2 is 2.23 bits per heavy atom. The van der Waals surface area contributed by atoms with Crippen molar-refractivity contribution >= 4 is 27.5 Å². The molecule has 0 atom stereocenters. The zero-order valence-corrected chi connectivity index (χ0v) is 8.74. The first-order chi connectivity index (χ1) is 6.07. The van der Waals surface area contributed by atoms with E-state index in [0.717, 1.165) is 0 Å². The van der Waals surface area contributed by atoms with Gasteiger partial charge in [-0.1, -0.05) is 11.6 Å². The number of halogens is 4. The second kappa shape index (κ2) is 4.30. The monoisotopic (exact) mass is 270 g/mol. The quantitative estimate of drug-likeness (QED) is 0.898. The summed E-state index contributed by atoms with van der Waals surface area (Å²) < 4.78 is 25.1. The fourth-order valence-electron chi connectivity index (χ4n) is 0.900. The van der Waals surface area contributed by atoms with Crippen molar-refractivity contribution in [1.29, 1.82) is 0 Å². The van der Waals surface area contributed by atoms with Crippen LogP contribution in [-0.2, 0) is 6.54 Å². The van der Waals surface area contributed by atoms with Crippen LogP contribution < -0.4 is 5.73 Å². The summed E-state index contributed by atoms with van der Waals surface area (Å²) in [4.78, 5) is 3.52. The van der Waals surface area contributed by atoms with Crippen LogP contribution in [0.2, 0.25) is 5.02 Å². The van der Waals surface area contributed by atoms with Crippen LogP contribution in [-0.4, -0.2) is 4.98 Å². The van der Waals surface area contributed by atoms with E-state index >= 15 is 0 Å². The van der Waals surface area contributed by atoms with Crippen molar-refractivity contribution in [1.82, 2.24) is 4.98 Å². The lowest BCUT2D eigenvalue weighted by Crippen LogP contribution is -2.05. The number of hydrogen-bond acceptors (Lipinski definition) is 2. The molecule has 1 heterocycles. The maximum atomic E-state index is 12.3. The Labute approximate surface area is 87.2 Å². The van der Waals surface area contributed by atoms with Crippen molar-refractivity contribution in [2.75, 3.05) is 0 Å². The number of nitrogens with two attached hydrogens (primary N) is 1. The predicted molar refractivity (Wildman–Crippen MR) is 49.8 cm³/mol. The van der Waals surface area contributed by atoms with E-state index in [9.17, 15) is 8.78 Å².